The molecule has 0 spiro atoms. The number of hydrogen-bond donors (Lipinski definition) is 1. The van der Waals surface area contributed by atoms with E-state index in [1.807, 2.05) is 0 Å². The molecular weight excluding hydrogens is 308 g/mol. The maximum absolute atomic E-state index is 12.2. The van der Waals surface area contributed by atoms with Crippen LogP contribution in [0.15, 0.2) is 27.2 Å². The summed E-state index contributed by atoms with van der Waals surface area (Å²) < 4.78 is 0. The molecule has 0 bridgehead atoms. The second kappa shape index (κ2) is 5.93. The highest BCUT2D eigenvalue weighted by Crippen LogP contribution is 2.29. The number of hydrogen-bond acceptors (Lipinski definition) is 9. The molecule has 0 aliphatic carbocycles. The van der Waals surface area contributed by atoms with Crippen molar-refractivity contribution in [1.82, 2.24) is 10.0 Å². The van der Waals surface area contributed by atoms with Crippen molar-refractivity contribution in [3.05, 3.63) is 22.7 Å². The highest BCUT2D eigenvalue weighted by molar-refractivity contribution is 7.13. The predicted molar refractivity (Wildman–Crippen MR) is 78.8 cm³/mol. The predicted octanol–water partition coefficient (Wildman–Crippen LogP) is 2.77. The van der Waals surface area contributed by atoms with E-state index < -0.39 is 17.3 Å². The lowest BCUT2D eigenvalue weighted by Crippen LogP contribution is -2.46. The fourth-order valence-electron chi connectivity index (χ4n) is 1.77. The molecule has 0 aromatic carbocycles. The van der Waals surface area contributed by atoms with Crippen LogP contribution in [-0.4, -0.2) is 39.4 Å². The van der Waals surface area contributed by atoms with E-state index in [4.69, 9.17) is 4.84 Å². The summed E-state index contributed by atoms with van der Waals surface area (Å²) in [5, 5.41) is 20.4. The number of nitrogens with zero attached hydrogens (tertiary/aromatic N) is 4. The van der Waals surface area contributed by atoms with Crippen LogP contribution >= 0.6 is 11.3 Å². The Bertz CT molecular complexity index is 677. The van der Waals surface area contributed by atoms with E-state index in [0.29, 0.717) is 12.1 Å². The number of carbonyl (C=O) groups is 2. The molecule has 0 radical (unpaired) electrons. The van der Waals surface area contributed by atoms with Crippen molar-refractivity contribution < 1.29 is 19.5 Å². The summed E-state index contributed by atoms with van der Waals surface area (Å²) >= 11 is 1.13. The Labute approximate surface area is 131 Å². The van der Waals surface area contributed by atoms with Gasteiger partial charge in [0.15, 0.2) is 17.1 Å². The number of thiazole rings is 1. The first-order chi connectivity index (χ1) is 10.3. The van der Waals surface area contributed by atoms with E-state index in [9.17, 15) is 14.7 Å². The molecule has 0 saturated carbocycles. The topological polar surface area (TPSA) is 104 Å². The lowest BCUT2D eigenvalue weighted by Gasteiger charge is -2.33. The molecule has 2 rings (SSSR count). The summed E-state index contributed by atoms with van der Waals surface area (Å²) in [4.78, 5) is 33.0. The molecule has 1 aromatic heterocycles. The van der Waals surface area contributed by atoms with E-state index in [0.717, 1.165) is 16.4 Å². The van der Waals surface area contributed by atoms with Gasteiger partial charge in [0.05, 0.1) is 0 Å². The summed E-state index contributed by atoms with van der Waals surface area (Å²) in [7, 11) is 1.46. The molecule has 118 valence electrons. The van der Waals surface area contributed by atoms with Crippen molar-refractivity contribution in [2.45, 2.75) is 32.8 Å². The van der Waals surface area contributed by atoms with Crippen molar-refractivity contribution in [1.29, 1.82) is 0 Å². The largest absolute Gasteiger partial charge is 0.492 e. The molecule has 0 unspecified atom stereocenters. The second-order valence-corrected chi connectivity index (χ2v) is 5.93. The van der Waals surface area contributed by atoms with Gasteiger partial charge in [0.1, 0.15) is 5.69 Å². The maximum atomic E-state index is 12.2. The minimum Gasteiger partial charge on any atom is -0.492 e. The van der Waals surface area contributed by atoms with E-state index in [1.165, 1.54) is 7.05 Å². The number of rotatable bonds is 4. The molecule has 1 aliphatic rings. The highest BCUT2D eigenvalue weighted by atomic mass is 32.1. The number of ketones is 2. The highest BCUT2D eigenvalue weighted by Gasteiger charge is 2.41. The Hall–Kier alpha value is -2.13. The Morgan fingerprint density at radius 2 is 2.18 bits per heavy atom. The number of aliphatic hydroxyl groups excluding tert-OH is 1. The van der Waals surface area contributed by atoms with Gasteiger partial charge in [-0.25, -0.2) is 10.0 Å². The third-order valence-corrected chi connectivity index (χ3v) is 3.70. The molecule has 1 aromatic rings. The first-order valence-corrected chi connectivity index (χ1v) is 7.45. The Morgan fingerprint density at radius 1 is 1.50 bits per heavy atom. The molecule has 8 nitrogen and oxygen atoms in total. The fourth-order valence-corrected chi connectivity index (χ4v) is 2.41. The molecule has 0 amide bonds. The number of carbonyl (C=O) groups excluding carboxylic acids is 2. The minimum atomic E-state index is -1.15. The van der Waals surface area contributed by atoms with Gasteiger partial charge >= 0.3 is 0 Å². The van der Waals surface area contributed by atoms with Crippen molar-refractivity contribution in [3.63, 3.8) is 0 Å². The van der Waals surface area contributed by atoms with Gasteiger partial charge in [-0.15, -0.1) is 21.6 Å². The molecule has 0 saturated heterocycles. The number of azo groups is 1. The van der Waals surface area contributed by atoms with Gasteiger partial charge in [0, 0.05) is 18.8 Å². The summed E-state index contributed by atoms with van der Waals surface area (Å²) in [5.74, 6) is -1.01. The average molecular weight is 324 g/mol. The molecule has 9 heteroatoms. The number of hydroxylamine groups is 2. The maximum Gasteiger partial charge on any atom is 0.243 e. The standard InChI is InChI=1S/C13H16N4O4S/c1-5-8(18)7-6-22-12(14-7)16-15-9-10(19)13(2,3)21-17(4)11(9)20/h6,20H,5H2,1-4H3. The molecule has 1 aliphatic heterocycles. The quantitative estimate of drug-likeness (QED) is 0.674. The van der Waals surface area contributed by atoms with Crippen LogP contribution < -0.4 is 0 Å². The number of aromatic nitrogens is 1. The van der Waals surface area contributed by atoms with Crippen molar-refractivity contribution >= 4 is 28.0 Å². The number of Topliss-reactive ketones (excluding diaryl/α,β-unsaturated/α-hetero) is 2. The van der Waals surface area contributed by atoms with Crippen molar-refractivity contribution in [2.24, 2.45) is 10.2 Å². The fraction of sp³-hybridized carbons (Fsp3) is 0.462. The van der Waals surface area contributed by atoms with Gasteiger partial charge in [-0.05, 0) is 13.8 Å². The van der Waals surface area contributed by atoms with Crippen LogP contribution in [0.3, 0.4) is 0 Å². The average Bonchev–Trinajstić information content (AvgIpc) is 2.93. The van der Waals surface area contributed by atoms with Gasteiger partial charge in [-0.2, -0.15) is 0 Å². The van der Waals surface area contributed by atoms with E-state index in [-0.39, 0.29) is 16.6 Å². The molecule has 1 N–H and O–H groups in total. The summed E-state index contributed by atoms with van der Waals surface area (Å²) in [6.07, 6.45) is 0.348. The normalized spacial score (nSPS) is 18.4. The van der Waals surface area contributed by atoms with Crippen molar-refractivity contribution in [2.75, 3.05) is 7.05 Å². The van der Waals surface area contributed by atoms with Crippen LogP contribution in [0.5, 0.6) is 0 Å². The number of aliphatic hydroxyl groups is 1. The third kappa shape index (κ3) is 3.04. The Kier molecular flexibility index (Phi) is 4.38. The van der Waals surface area contributed by atoms with Gasteiger partial charge < -0.3 is 5.11 Å². The smallest absolute Gasteiger partial charge is 0.243 e. The van der Waals surface area contributed by atoms with Gasteiger partial charge in [0.25, 0.3) is 0 Å². The molecular formula is C13H16N4O4S. The molecule has 2 heterocycles. The second-order valence-electron chi connectivity index (χ2n) is 5.09. The lowest BCUT2D eigenvalue weighted by atomic mass is 10.0. The first-order valence-electron chi connectivity index (χ1n) is 6.57. The van der Waals surface area contributed by atoms with Crippen LogP contribution in [0.25, 0.3) is 0 Å². The van der Waals surface area contributed by atoms with Crippen LogP contribution in [0.1, 0.15) is 37.7 Å². The Morgan fingerprint density at radius 3 is 2.82 bits per heavy atom. The summed E-state index contributed by atoms with van der Waals surface area (Å²) in [6, 6.07) is 0. The first kappa shape index (κ1) is 16.2. The molecule has 0 fully saturated rings. The zero-order valence-electron chi connectivity index (χ0n) is 12.7. The van der Waals surface area contributed by atoms with Crippen LogP contribution in [0, 0.1) is 0 Å². The Balaban J connectivity index is 2.28. The molecule has 0 atom stereocenters. The van der Waals surface area contributed by atoms with E-state index >= 15 is 0 Å². The summed E-state index contributed by atoms with van der Waals surface area (Å²) in [6.45, 7) is 4.87. The van der Waals surface area contributed by atoms with E-state index in [2.05, 4.69) is 15.2 Å². The van der Waals surface area contributed by atoms with Gasteiger partial charge in [0.2, 0.25) is 16.8 Å². The van der Waals surface area contributed by atoms with Crippen LogP contribution in [-0.2, 0) is 9.63 Å². The van der Waals surface area contributed by atoms with Crippen LogP contribution in [0.2, 0.25) is 0 Å². The zero-order valence-corrected chi connectivity index (χ0v) is 13.5. The van der Waals surface area contributed by atoms with Gasteiger partial charge in [-0.3, -0.25) is 14.4 Å². The zero-order chi connectivity index (χ0) is 16.5. The van der Waals surface area contributed by atoms with Crippen molar-refractivity contribution in [3.8, 4) is 0 Å². The van der Waals surface area contributed by atoms with Crippen LogP contribution in [0.4, 0.5) is 5.13 Å². The SMILES string of the molecule is CCC(=O)c1csc(N=NC2=C(O)N(C)OC(C)(C)C2=O)n1. The third-order valence-electron chi connectivity index (χ3n) is 2.97. The monoisotopic (exact) mass is 324 g/mol. The summed E-state index contributed by atoms with van der Waals surface area (Å²) in [5.41, 5.74) is -1.05. The van der Waals surface area contributed by atoms with E-state index in [1.54, 1.807) is 26.2 Å². The molecule has 22 heavy (non-hydrogen) atoms. The van der Waals surface area contributed by atoms with Gasteiger partial charge in [-0.1, -0.05) is 6.92 Å². The minimum absolute atomic E-state index is 0.0947. The lowest BCUT2D eigenvalue weighted by molar-refractivity contribution is -0.223.